The quantitative estimate of drug-likeness (QED) is 0.185. The van der Waals surface area contributed by atoms with Gasteiger partial charge >= 0.3 is 0 Å². The average Bonchev–Trinajstić information content (AvgIpc) is 3.77. The SMILES string of the molecule is Fc1ccc(-c2cc(-c3ccccc3)nc(-c3cc(-c4cccc5c4oc4ccccc45)cc(-c4cccc5c4oc4ccccc45)c3)n2)cc1. The molecule has 0 saturated heterocycles. The molecule has 0 aliphatic rings. The lowest BCUT2D eigenvalue weighted by molar-refractivity contribution is 0.628. The molecule has 3 aromatic heterocycles. The first kappa shape index (κ1) is 29.1. The Bertz CT molecular complexity index is 2790. The number of para-hydroxylation sites is 4. The predicted octanol–water partition coefficient (Wildman–Crippen LogP) is 12.7. The van der Waals surface area contributed by atoms with Crippen LogP contribution in [0.25, 0.3) is 100 Å². The molecule has 0 N–H and O–H groups in total. The third kappa shape index (κ3) is 4.98. The Morgan fingerprint density at radius 3 is 1.41 bits per heavy atom. The van der Waals surface area contributed by atoms with Gasteiger partial charge in [-0.2, -0.15) is 0 Å². The molecule has 0 bridgehead atoms. The predicted molar refractivity (Wildman–Crippen MR) is 204 cm³/mol. The summed E-state index contributed by atoms with van der Waals surface area (Å²) in [5.41, 5.74) is 11.2. The van der Waals surface area contributed by atoms with Gasteiger partial charge < -0.3 is 8.83 Å². The van der Waals surface area contributed by atoms with Crippen molar-refractivity contribution < 1.29 is 13.2 Å². The van der Waals surface area contributed by atoms with Crippen LogP contribution in [0.1, 0.15) is 0 Å². The van der Waals surface area contributed by atoms with Crippen molar-refractivity contribution in [1.82, 2.24) is 9.97 Å². The summed E-state index contributed by atoms with van der Waals surface area (Å²) in [5.74, 6) is 0.250. The lowest BCUT2D eigenvalue weighted by Crippen LogP contribution is -1.97. The van der Waals surface area contributed by atoms with E-state index in [1.807, 2.05) is 72.8 Å². The lowest BCUT2D eigenvalue weighted by atomic mass is 9.93. The summed E-state index contributed by atoms with van der Waals surface area (Å²) >= 11 is 0. The van der Waals surface area contributed by atoms with E-state index >= 15 is 0 Å². The first-order valence-corrected chi connectivity index (χ1v) is 16.8. The van der Waals surface area contributed by atoms with E-state index in [-0.39, 0.29) is 5.82 Å². The van der Waals surface area contributed by atoms with E-state index in [9.17, 15) is 4.39 Å². The molecule has 0 radical (unpaired) electrons. The van der Waals surface area contributed by atoms with Crippen LogP contribution >= 0.6 is 0 Å². The van der Waals surface area contributed by atoms with Crippen molar-refractivity contribution in [2.75, 3.05) is 0 Å². The highest BCUT2D eigenvalue weighted by molar-refractivity contribution is 6.11. The van der Waals surface area contributed by atoms with Gasteiger partial charge in [0.2, 0.25) is 0 Å². The summed E-state index contributed by atoms with van der Waals surface area (Å²) in [6, 6.07) is 53.7. The topological polar surface area (TPSA) is 52.1 Å². The van der Waals surface area contributed by atoms with Crippen LogP contribution in [0.15, 0.2) is 173 Å². The van der Waals surface area contributed by atoms with Crippen molar-refractivity contribution in [3.8, 4) is 56.2 Å². The number of furan rings is 2. The Hall–Kier alpha value is -6.85. The molecule has 0 amide bonds. The number of hydrogen-bond donors (Lipinski definition) is 0. The molecule has 0 aliphatic heterocycles. The highest BCUT2D eigenvalue weighted by Gasteiger charge is 2.19. The molecule has 0 unspecified atom stereocenters. The minimum Gasteiger partial charge on any atom is -0.455 e. The summed E-state index contributed by atoms with van der Waals surface area (Å²) in [6.45, 7) is 0. The molecule has 10 aromatic rings. The number of nitrogens with zero attached hydrogens (tertiary/aromatic N) is 2. The van der Waals surface area contributed by atoms with E-state index in [1.54, 1.807) is 12.1 Å². The molecule has 0 fully saturated rings. The second-order valence-corrected chi connectivity index (χ2v) is 12.7. The van der Waals surface area contributed by atoms with E-state index in [2.05, 4.69) is 66.7 Å². The lowest BCUT2D eigenvalue weighted by Gasteiger charge is -2.13. The van der Waals surface area contributed by atoms with Gasteiger partial charge in [-0.05, 0) is 71.8 Å². The Labute approximate surface area is 292 Å². The van der Waals surface area contributed by atoms with Crippen LogP contribution < -0.4 is 0 Å². The molecule has 0 atom stereocenters. The zero-order chi connectivity index (χ0) is 33.9. The first-order valence-electron chi connectivity index (χ1n) is 16.8. The van der Waals surface area contributed by atoms with Crippen molar-refractivity contribution >= 4 is 43.9 Å². The maximum absolute atomic E-state index is 14.0. The largest absolute Gasteiger partial charge is 0.455 e. The zero-order valence-electron chi connectivity index (χ0n) is 27.2. The summed E-state index contributed by atoms with van der Waals surface area (Å²) < 4.78 is 27.1. The fourth-order valence-electron chi connectivity index (χ4n) is 7.12. The van der Waals surface area contributed by atoms with Crippen LogP contribution in [0.3, 0.4) is 0 Å². The number of benzene rings is 7. The third-order valence-electron chi connectivity index (χ3n) is 9.56. The zero-order valence-corrected chi connectivity index (χ0v) is 27.2. The summed E-state index contributed by atoms with van der Waals surface area (Å²) in [4.78, 5) is 10.3. The van der Waals surface area contributed by atoms with E-state index < -0.39 is 0 Å². The van der Waals surface area contributed by atoms with Crippen LogP contribution in [-0.4, -0.2) is 9.97 Å². The van der Waals surface area contributed by atoms with Gasteiger partial charge in [0.05, 0.1) is 11.4 Å². The van der Waals surface area contributed by atoms with Gasteiger partial charge in [0.15, 0.2) is 5.82 Å². The molecule has 3 heterocycles. The standard InChI is InChI=1S/C46H27FN2O2/c47-33-22-20-29(21-23-33)41-27-40(28-10-2-1-3-11-28)48-46(49-41)32-25-30(34-14-8-16-38-36-12-4-6-18-42(36)50-44(34)38)24-31(26-32)35-15-9-17-39-37-13-5-7-19-43(37)51-45(35)39/h1-27H. The highest BCUT2D eigenvalue weighted by atomic mass is 19.1. The van der Waals surface area contributed by atoms with E-state index in [4.69, 9.17) is 18.8 Å². The van der Waals surface area contributed by atoms with Gasteiger partial charge in [-0.25, -0.2) is 14.4 Å². The molecule has 51 heavy (non-hydrogen) atoms. The monoisotopic (exact) mass is 658 g/mol. The molecule has 0 saturated carbocycles. The van der Waals surface area contributed by atoms with Crippen LogP contribution in [0.5, 0.6) is 0 Å². The van der Waals surface area contributed by atoms with Gasteiger partial charge in [-0.3, -0.25) is 0 Å². The third-order valence-corrected chi connectivity index (χ3v) is 9.56. The minimum atomic E-state index is -0.298. The second-order valence-electron chi connectivity index (χ2n) is 12.7. The van der Waals surface area contributed by atoms with E-state index in [0.29, 0.717) is 11.5 Å². The van der Waals surface area contributed by atoms with E-state index in [1.165, 1.54) is 12.1 Å². The Kier molecular flexibility index (Phi) is 6.64. The van der Waals surface area contributed by atoms with Gasteiger partial charge in [0.1, 0.15) is 28.1 Å². The molecular formula is C46H27FN2O2. The summed E-state index contributed by atoms with van der Waals surface area (Å²) in [7, 11) is 0. The van der Waals surface area contributed by atoms with Crippen LogP contribution in [0.2, 0.25) is 0 Å². The number of hydrogen-bond acceptors (Lipinski definition) is 4. The van der Waals surface area contributed by atoms with E-state index in [0.717, 1.165) is 88.5 Å². The highest BCUT2D eigenvalue weighted by Crippen LogP contribution is 2.42. The van der Waals surface area contributed by atoms with Crippen LogP contribution in [0.4, 0.5) is 4.39 Å². The first-order chi connectivity index (χ1) is 25.2. The van der Waals surface area contributed by atoms with Gasteiger partial charge in [0.25, 0.3) is 0 Å². The molecular weight excluding hydrogens is 632 g/mol. The van der Waals surface area contributed by atoms with Crippen molar-refractivity contribution in [3.63, 3.8) is 0 Å². The molecule has 10 rings (SSSR count). The minimum absolute atomic E-state index is 0.298. The second kappa shape index (κ2) is 11.6. The van der Waals surface area contributed by atoms with Gasteiger partial charge in [-0.1, -0.05) is 103 Å². The van der Waals surface area contributed by atoms with Gasteiger partial charge in [0, 0.05) is 49.4 Å². The van der Waals surface area contributed by atoms with Crippen LogP contribution in [-0.2, 0) is 0 Å². The average molecular weight is 659 g/mol. The van der Waals surface area contributed by atoms with Crippen molar-refractivity contribution in [2.45, 2.75) is 0 Å². The maximum Gasteiger partial charge on any atom is 0.160 e. The van der Waals surface area contributed by atoms with Crippen molar-refractivity contribution in [3.05, 3.63) is 170 Å². The number of fused-ring (bicyclic) bond motifs is 6. The van der Waals surface area contributed by atoms with Crippen LogP contribution in [0, 0.1) is 5.82 Å². The molecule has 4 nitrogen and oxygen atoms in total. The normalized spacial score (nSPS) is 11.6. The number of halogens is 1. The Balaban J connectivity index is 1.26. The number of aromatic nitrogens is 2. The summed E-state index contributed by atoms with van der Waals surface area (Å²) in [6.07, 6.45) is 0. The van der Waals surface area contributed by atoms with Crippen molar-refractivity contribution in [2.24, 2.45) is 0 Å². The Morgan fingerprint density at radius 1 is 0.373 bits per heavy atom. The fourth-order valence-corrected chi connectivity index (χ4v) is 7.12. The molecule has 5 heteroatoms. The van der Waals surface area contributed by atoms with Crippen molar-refractivity contribution in [1.29, 1.82) is 0 Å². The maximum atomic E-state index is 14.0. The smallest absolute Gasteiger partial charge is 0.160 e. The summed E-state index contributed by atoms with van der Waals surface area (Å²) in [5, 5.41) is 4.24. The number of rotatable bonds is 5. The molecule has 7 aromatic carbocycles. The molecule has 240 valence electrons. The molecule has 0 spiro atoms. The molecule has 0 aliphatic carbocycles. The van der Waals surface area contributed by atoms with Gasteiger partial charge in [-0.15, -0.1) is 0 Å². The Morgan fingerprint density at radius 2 is 0.843 bits per heavy atom. The fraction of sp³-hybridized carbons (Fsp3) is 0.